The smallest absolute Gasteiger partial charge is 0.449 e. The van der Waals surface area contributed by atoms with E-state index >= 15 is 0 Å². The molecular weight excluding hydrogens is 393 g/mol. The molecule has 0 aliphatic carbocycles. The van der Waals surface area contributed by atoms with Gasteiger partial charge in [-0.25, -0.2) is 4.79 Å². The summed E-state index contributed by atoms with van der Waals surface area (Å²) in [6.07, 6.45) is -5.49. The second kappa shape index (κ2) is 8.35. The fourth-order valence-corrected chi connectivity index (χ4v) is 2.69. The molecule has 0 spiro atoms. The minimum absolute atomic E-state index is 0.101. The summed E-state index contributed by atoms with van der Waals surface area (Å²) in [4.78, 5) is 12.6. The minimum atomic E-state index is -4.80. The van der Waals surface area contributed by atoms with Crippen LogP contribution in [0.15, 0.2) is 78.9 Å². The normalized spacial score (nSPS) is 12.3. The Kier molecular flexibility index (Phi) is 5.90. The van der Waals surface area contributed by atoms with Gasteiger partial charge in [0.2, 0.25) is 0 Å². The number of alkyl halides is 3. The average Bonchev–Trinajstić information content (AvgIpc) is 2.67. The van der Waals surface area contributed by atoms with Gasteiger partial charge in [0, 0.05) is 5.02 Å². The molecule has 0 bridgehead atoms. The third-order valence-electron chi connectivity index (χ3n) is 3.82. The Morgan fingerprint density at radius 1 is 0.821 bits per heavy atom. The van der Waals surface area contributed by atoms with Gasteiger partial charge in [0.15, 0.2) is 6.10 Å². The highest BCUT2D eigenvalue weighted by molar-refractivity contribution is 6.30. The van der Waals surface area contributed by atoms with Gasteiger partial charge < -0.3 is 9.47 Å². The second-order valence-corrected chi connectivity index (χ2v) is 6.26. The fourth-order valence-electron chi connectivity index (χ4n) is 2.56. The summed E-state index contributed by atoms with van der Waals surface area (Å²) in [5.74, 6) is -1.09. The molecule has 0 N–H and O–H groups in total. The molecule has 3 aromatic rings. The van der Waals surface area contributed by atoms with Gasteiger partial charge in [-0.1, -0.05) is 54.1 Å². The largest absolute Gasteiger partial charge is 0.573 e. The maximum Gasteiger partial charge on any atom is 0.573 e. The van der Waals surface area contributed by atoms with Crippen LogP contribution in [0.2, 0.25) is 5.02 Å². The van der Waals surface area contributed by atoms with Gasteiger partial charge in [0.05, 0.1) is 5.56 Å². The molecule has 0 aliphatic rings. The zero-order valence-corrected chi connectivity index (χ0v) is 15.1. The quantitative estimate of drug-likeness (QED) is 0.474. The van der Waals surface area contributed by atoms with E-state index in [4.69, 9.17) is 16.3 Å². The summed E-state index contributed by atoms with van der Waals surface area (Å²) in [6, 6.07) is 20.5. The zero-order chi connectivity index (χ0) is 20.1. The molecule has 0 unspecified atom stereocenters. The lowest BCUT2D eigenvalue weighted by molar-refractivity contribution is -0.274. The van der Waals surface area contributed by atoms with Crippen molar-refractivity contribution in [2.75, 3.05) is 0 Å². The first-order valence-electron chi connectivity index (χ1n) is 8.19. The highest BCUT2D eigenvalue weighted by atomic mass is 35.5. The van der Waals surface area contributed by atoms with Crippen LogP contribution in [-0.2, 0) is 4.74 Å². The van der Waals surface area contributed by atoms with Gasteiger partial charge in [-0.2, -0.15) is 0 Å². The number of benzene rings is 3. The van der Waals surface area contributed by atoms with Crippen LogP contribution in [0, 0.1) is 0 Å². The Bertz CT molecular complexity index is 924. The molecule has 3 aromatic carbocycles. The number of hydrogen-bond acceptors (Lipinski definition) is 3. The van der Waals surface area contributed by atoms with Crippen LogP contribution < -0.4 is 4.74 Å². The topological polar surface area (TPSA) is 35.5 Å². The molecule has 1 atom stereocenters. The number of hydrogen-bond donors (Lipinski definition) is 0. The zero-order valence-electron chi connectivity index (χ0n) is 14.3. The van der Waals surface area contributed by atoms with E-state index in [1.807, 2.05) is 30.3 Å². The number of halogens is 4. The van der Waals surface area contributed by atoms with Crippen LogP contribution in [-0.4, -0.2) is 12.3 Å². The van der Waals surface area contributed by atoms with Crippen LogP contribution in [0.4, 0.5) is 13.2 Å². The van der Waals surface area contributed by atoms with Crippen molar-refractivity contribution in [2.24, 2.45) is 0 Å². The van der Waals surface area contributed by atoms with Crippen molar-refractivity contribution >= 4 is 17.6 Å². The van der Waals surface area contributed by atoms with Crippen molar-refractivity contribution in [2.45, 2.75) is 12.5 Å². The summed E-state index contributed by atoms with van der Waals surface area (Å²) < 4.78 is 46.2. The van der Waals surface area contributed by atoms with E-state index in [1.165, 1.54) is 12.1 Å². The van der Waals surface area contributed by atoms with Crippen LogP contribution in [0.25, 0.3) is 0 Å². The molecule has 3 nitrogen and oxygen atoms in total. The summed E-state index contributed by atoms with van der Waals surface area (Å²) in [5, 5.41) is 0.544. The van der Waals surface area contributed by atoms with E-state index < -0.39 is 24.2 Å². The second-order valence-electron chi connectivity index (χ2n) is 5.82. The number of ether oxygens (including phenoxy) is 2. The van der Waals surface area contributed by atoms with Crippen molar-refractivity contribution in [3.05, 3.63) is 101 Å². The Morgan fingerprint density at radius 3 is 1.96 bits per heavy atom. The van der Waals surface area contributed by atoms with Crippen LogP contribution in [0.5, 0.6) is 5.75 Å². The highest BCUT2D eigenvalue weighted by Crippen LogP contribution is 2.29. The molecule has 7 heteroatoms. The maximum absolute atomic E-state index is 12.6. The molecular formula is C21H14ClF3O3. The number of rotatable bonds is 5. The predicted octanol–water partition coefficient (Wildman–Crippen LogP) is 6.19. The lowest BCUT2D eigenvalue weighted by Gasteiger charge is -2.19. The van der Waals surface area contributed by atoms with Crippen LogP contribution in [0.3, 0.4) is 0 Å². The summed E-state index contributed by atoms with van der Waals surface area (Å²) in [5.41, 5.74) is 1.56. The Hall–Kier alpha value is -2.99. The first kappa shape index (κ1) is 19.8. The molecule has 0 saturated carbocycles. The van der Waals surface area contributed by atoms with Crippen LogP contribution in [0.1, 0.15) is 27.6 Å². The van der Waals surface area contributed by atoms with Gasteiger partial charge in [-0.15, -0.1) is 13.2 Å². The number of esters is 1. The molecule has 0 fully saturated rings. The standard InChI is InChI=1S/C21H14ClF3O3/c22-17-10-6-15(7-11-17)19(14-4-2-1-3-5-14)27-20(26)16-8-12-18(13-9-16)28-21(23,24)25/h1-13,19H/t19-/m1/s1. The molecule has 0 heterocycles. The van der Waals surface area contributed by atoms with E-state index in [0.717, 1.165) is 17.7 Å². The average molecular weight is 407 g/mol. The molecule has 3 rings (SSSR count). The molecule has 0 aromatic heterocycles. The van der Waals surface area contributed by atoms with E-state index in [9.17, 15) is 18.0 Å². The molecule has 0 amide bonds. The van der Waals surface area contributed by atoms with Crippen molar-refractivity contribution in [1.82, 2.24) is 0 Å². The lowest BCUT2D eigenvalue weighted by Crippen LogP contribution is -2.17. The van der Waals surface area contributed by atoms with Crippen LogP contribution >= 0.6 is 11.6 Å². The monoisotopic (exact) mass is 406 g/mol. The Balaban J connectivity index is 1.82. The molecule has 28 heavy (non-hydrogen) atoms. The summed E-state index contributed by atoms with van der Waals surface area (Å²) >= 11 is 5.92. The molecule has 0 radical (unpaired) electrons. The van der Waals surface area contributed by atoms with Gasteiger partial charge in [0.25, 0.3) is 0 Å². The lowest BCUT2D eigenvalue weighted by atomic mass is 10.0. The minimum Gasteiger partial charge on any atom is -0.449 e. The van der Waals surface area contributed by atoms with E-state index in [0.29, 0.717) is 10.6 Å². The third-order valence-corrected chi connectivity index (χ3v) is 4.08. The summed E-state index contributed by atoms with van der Waals surface area (Å²) in [7, 11) is 0. The Labute approximate surface area is 164 Å². The first-order chi connectivity index (χ1) is 13.3. The fraction of sp³-hybridized carbons (Fsp3) is 0.0952. The molecule has 0 saturated heterocycles. The number of carbonyl (C=O) groups excluding carboxylic acids is 1. The molecule has 0 aliphatic heterocycles. The van der Waals surface area contributed by atoms with Gasteiger partial charge in [0.1, 0.15) is 5.75 Å². The van der Waals surface area contributed by atoms with Crippen molar-refractivity contribution < 1.29 is 27.4 Å². The number of carbonyl (C=O) groups is 1. The highest BCUT2D eigenvalue weighted by Gasteiger charge is 2.31. The summed E-state index contributed by atoms with van der Waals surface area (Å²) in [6.45, 7) is 0. The first-order valence-corrected chi connectivity index (χ1v) is 8.57. The van der Waals surface area contributed by atoms with Crippen molar-refractivity contribution in [3.63, 3.8) is 0 Å². The van der Waals surface area contributed by atoms with Crippen molar-refractivity contribution in [1.29, 1.82) is 0 Å². The Morgan fingerprint density at radius 2 is 1.39 bits per heavy atom. The van der Waals surface area contributed by atoms with Crippen molar-refractivity contribution in [3.8, 4) is 5.75 Å². The van der Waals surface area contributed by atoms with Gasteiger partial charge in [-0.3, -0.25) is 0 Å². The van der Waals surface area contributed by atoms with E-state index in [-0.39, 0.29) is 5.56 Å². The van der Waals surface area contributed by atoms with E-state index in [1.54, 1.807) is 24.3 Å². The van der Waals surface area contributed by atoms with Gasteiger partial charge >= 0.3 is 12.3 Å². The predicted molar refractivity (Wildman–Crippen MR) is 98.3 cm³/mol. The molecule has 144 valence electrons. The van der Waals surface area contributed by atoms with E-state index in [2.05, 4.69) is 4.74 Å². The maximum atomic E-state index is 12.6. The SMILES string of the molecule is O=C(O[C@H](c1ccccc1)c1ccc(Cl)cc1)c1ccc(OC(F)(F)F)cc1. The van der Waals surface area contributed by atoms with Gasteiger partial charge in [-0.05, 0) is 47.5 Å². The third kappa shape index (κ3) is 5.27.